The van der Waals surface area contributed by atoms with Crippen molar-refractivity contribution < 1.29 is 17.9 Å². The van der Waals surface area contributed by atoms with Crippen molar-refractivity contribution in [2.45, 2.75) is 36.8 Å². The summed E-state index contributed by atoms with van der Waals surface area (Å²) >= 11 is 0. The number of carbonyl (C=O) groups is 1. The third-order valence-electron chi connectivity index (χ3n) is 4.10. The van der Waals surface area contributed by atoms with Crippen LogP contribution < -0.4 is 0 Å². The molecule has 1 fully saturated rings. The van der Waals surface area contributed by atoms with Crippen molar-refractivity contribution in [3.63, 3.8) is 0 Å². The summed E-state index contributed by atoms with van der Waals surface area (Å²) in [7, 11) is -0.0344. The molecule has 0 spiro atoms. The van der Waals surface area contributed by atoms with Gasteiger partial charge in [0.1, 0.15) is 0 Å². The van der Waals surface area contributed by atoms with Crippen LogP contribution >= 0.6 is 0 Å². The van der Waals surface area contributed by atoms with Crippen LogP contribution in [0.1, 0.15) is 30.1 Å². The second-order valence-corrected chi connectivity index (χ2v) is 7.55. The molecule has 0 radical (unpaired) electrons. The molecule has 116 valence electrons. The lowest BCUT2D eigenvalue weighted by molar-refractivity contribution is -0.0145. The van der Waals surface area contributed by atoms with E-state index in [1.165, 1.54) is 6.07 Å². The average Bonchev–Trinajstić information content (AvgIpc) is 2.45. The fourth-order valence-corrected chi connectivity index (χ4v) is 3.56. The van der Waals surface area contributed by atoms with Crippen LogP contribution in [0.25, 0.3) is 0 Å². The van der Waals surface area contributed by atoms with Gasteiger partial charge in [-0.2, -0.15) is 0 Å². The van der Waals surface area contributed by atoms with Crippen LogP contribution in [0, 0.1) is 0 Å². The van der Waals surface area contributed by atoms with E-state index in [1.807, 2.05) is 0 Å². The van der Waals surface area contributed by atoms with Gasteiger partial charge in [-0.15, -0.1) is 0 Å². The number of hydrogen-bond donors (Lipinski definition) is 0. The highest BCUT2D eigenvalue weighted by Crippen LogP contribution is 2.29. The number of amides is 1. The highest BCUT2D eigenvalue weighted by atomic mass is 32.2. The summed E-state index contributed by atoms with van der Waals surface area (Å²) in [5.41, 5.74) is 0.253. The molecule has 0 bridgehead atoms. The lowest BCUT2D eigenvalue weighted by Crippen LogP contribution is -2.48. The minimum absolute atomic E-state index is 0.0177. The second-order valence-electron chi connectivity index (χ2n) is 5.30. The molecule has 0 atom stereocenters. The molecule has 1 saturated carbocycles. The fourth-order valence-electron chi connectivity index (χ4n) is 2.47. The van der Waals surface area contributed by atoms with Crippen LogP contribution in [0.5, 0.6) is 0 Å². The zero-order chi connectivity index (χ0) is 15.6. The maximum Gasteiger partial charge on any atom is 0.255 e. The Bertz CT molecular complexity index is 620. The van der Waals surface area contributed by atoms with E-state index in [2.05, 4.69) is 0 Å². The molecule has 0 N–H and O–H groups in total. The number of rotatable bonds is 5. The van der Waals surface area contributed by atoms with Crippen LogP contribution in [0.4, 0.5) is 0 Å². The van der Waals surface area contributed by atoms with E-state index in [0.717, 1.165) is 12.8 Å². The van der Waals surface area contributed by atoms with E-state index in [0.29, 0.717) is 0 Å². The number of benzene rings is 1. The summed E-state index contributed by atoms with van der Waals surface area (Å²) in [6, 6.07) is 6.52. The van der Waals surface area contributed by atoms with Crippen molar-refractivity contribution in [3.8, 4) is 0 Å². The lowest BCUT2D eigenvalue weighted by Gasteiger charge is -2.40. The Kier molecular flexibility index (Phi) is 4.68. The topological polar surface area (TPSA) is 63.7 Å². The van der Waals surface area contributed by atoms with Gasteiger partial charge in [0.05, 0.1) is 22.3 Å². The van der Waals surface area contributed by atoms with Gasteiger partial charge in [0, 0.05) is 20.2 Å². The van der Waals surface area contributed by atoms with Crippen molar-refractivity contribution in [2.75, 3.05) is 19.9 Å². The predicted octanol–water partition coefficient (Wildman–Crippen LogP) is 1.73. The van der Waals surface area contributed by atoms with Crippen LogP contribution in [-0.2, 0) is 14.6 Å². The number of sulfone groups is 1. The molecule has 1 aromatic rings. The van der Waals surface area contributed by atoms with E-state index in [4.69, 9.17) is 4.74 Å². The minimum Gasteiger partial charge on any atom is -0.381 e. The van der Waals surface area contributed by atoms with Gasteiger partial charge in [0.15, 0.2) is 9.84 Å². The normalized spacial score (nSPS) is 21.7. The molecule has 0 aliphatic heterocycles. The smallest absolute Gasteiger partial charge is 0.255 e. The van der Waals surface area contributed by atoms with Crippen molar-refractivity contribution in [3.05, 3.63) is 29.8 Å². The van der Waals surface area contributed by atoms with Gasteiger partial charge in [0.2, 0.25) is 0 Å². The van der Waals surface area contributed by atoms with Crippen LogP contribution in [-0.4, -0.2) is 51.3 Å². The van der Waals surface area contributed by atoms with Crippen LogP contribution in [0.15, 0.2) is 29.2 Å². The summed E-state index contributed by atoms with van der Waals surface area (Å²) in [6.45, 7) is 1.58. The zero-order valence-corrected chi connectivity index (χ0v) is 13.4. The number of nitrogens with zero attached hydrogens (tertiary/aromatic N) is 1. The van der Waals surface area contributed by atoms with E-state index < -0.39 is 9.84 Å². The maximum atomic E-state index is 12.6. The average molecular weight is 311 g/mol. The predicted molar refractivity (Wildman–Crippen MR) is 80.1 cm³/mol. The number of ether oxygens (including phenoxy) is 1. The van der Waals surface area contributed by atoms with E-state index >= 15 is 0 Å². The van der Waals surface area contributed by atoms with Crippen LogP contribution in [0.3, 0.4) is 0 Å². The van der Waals surface area contributed by atoms with Crippen LogP contribution in [0.2, 0.25) is 0 Å². The SMILES string of the molecule is CCS(=O)(=O)c1ccccc1C(=O)N(C)C1CC(OC)C1. The quantitative estimate of drug-likeness (QED) is 0.831. The number of carbonyl (C=O) groups excluding carboxylic acids is 1. The number of hydrogen-bond acceptors (Lipinski definition) is 4. The van der Waals surface area contributed by atoms with E-state index in [-0.39, 0.29) is 34.3 Å². The van der Waals surface area contributed by atoms with E-state index in [1.54, 1.807) is 44.2 Å². The van der Waals surface area contributed by atoms with Gasteiger partial charge in [-0.1, -0.05) is 19.1 Å². The molecule has 21 heavy (non-hydrogen) atoms. The first-order valence-electron chi connectivity index (χ1n) is 7.02. The van der Waals surface area contributed by atoms with Gasteiger partial charge in [-0.05, 0) is 25.0 Å². The number of methoxy groups -OCH3 is 1. The molecule has 0 heterocycles. The van der Waals surface area contributed by atoms with Gasteiger partial charge >= 0.3 is 0 Å². The molecule has 0 unspecified atom stereocenters. The van der Waals surface area contributed by atoms with Crippen molar-refractivity contribution in [1.29, 1.82) is 0 Å². The van der Waals surface area contributed by atoms with Gasteiger partial charge in [-0.3, -0.25) is 4.79 Å². The van der Waals surface area contributed by atoms with E-state index in [9.17, 15) is 13.2 Å². The third kappa shape index (κ3) is 3.11. The molecule has 0 saturated heterocycles. The third-order valence-corrected chi connectivity index (χ3v) is 5.89. The largest absolute Gasteiger partial charge is 0.381 e. The fraction of sp³-hybridized carbons (Fsp3) is 0.533. The monoisotopic (exact) mass is 311 g/mol. The Balaban J connectivity index is 2.24. The Morgan fingerprint density at radius 3 is 2.52 bits per heavy atom. The summed E-state index contributed by atoms with van der Waals surface area (Å²) in [5, 5.41) is 0. The Labute approximate surface area is 125 Å². The summed E-state index contributed by atoms with van der Waals surface area (Å²) in [5.74, 6) is -0.266. The standard InChI is InChI=1S/C15H21NO4S/c1-4-21(18,19)14-8-6-5-7-13(14)15(17)16(2)11-9-12(10-11)20-3/h5-8,11-12H,4,9-10H2,1-3H3. The molecular formula is C15H21NO4S. The molecule has 0 aromatic heterocycles. The molecule has 1 aliphatic carbocycles. The maximum absolute atomic E-state index is 12.6. The van der Waals surface area contributed by atoms with Gasteiger partial charge < -0.3 is 9.64 Å². The highest BCUT2D eigenvalue weighted by molar-refractivity contribution is 7.91. The Morgan fingerprint density at radius 1 is 1.33 bits per heavy atom. The minimum atomic E-state index is -3.41. The van der Waals surface area contributed by atoms with Crippen molar-refractivity contribution in [2.24, 2.45) is 0 Å². The molecule has 5 nitrogen and oxygen atoms in total. The second kappa shape index (κ2) is 6.15. The summed E-state index contributed by atoms with van der Waals surface area (Å²) < 4.78 is 29.4. The zero-order valence-electron chi connectivity index (χ0n) is 12.6. The Hall–Kier alpha value is -1.40. The molecule has 1 aliphatic rings. The highest BCUT2D eigenvalue weighted by Gasteiger charge is 2.35. The summed E-state index contributed by atoms with van der Waals surface area (Å²) in [6.07, 6.45) is 1.78. The molecular weight excluding hydrogens is 290 g/mol. The first-order valence-corrected chi connectivity index (χ1v) is 8.67. The lowest BCUT2D eigenvalue weighted by atomic mass is 9.88. The molecule has 1 aromatic carbocycles. The van der Waals surface area contributed by atoms with Crippen molar-refractivity contribution >= 4 is 15.7 Å². The van der Waals surface area contributed by atoms with Gasteiger partial charge in [0.25, 0.3) is 5.91 Å². The molecule has 2 rings (SSSR count). The first kappa shape index (κ1) is 16.0. The summed E-state index contributed by atoms with van der Waals surface area (Å²) in [4.78, 5) is 14.3. The molecule has 1 amide bonds. The van der Waals surface area contributed by atoms with Gasteiger partial charge in [-0.25, -0.2) is 8.42 Å². The first-order chi connectivity index (χ1) is 9.90. The van der Waals surface area contributed by atoms with Crippen molar-refractivity contribution in [1.82, 2.24) is 4.90 Å². The Morgan fingerprint density at radius 2 is 1.95 bits per heavy atom. The molecule has 6 heteroatoms.